The van der Waals surface area contributed by atoms with Crippen molar-refractivity contribution in [3.8, 4) is 0 Å². The van der Waals surface area contributed by atoms with Gasteiger partial charge >= 0.3 is 11.9 Å². The van der Waals surface area contributed by atoms with Crippen LogP contribution in [-0.4, -0.2) is 66.9 Å². The Morgan fingerprint density at radius 1 is 0.673 bits per heavy atom. The molecule has 0 aliphatic heterocycles. The molecule has 0 saturated carbocycles. The summed E-state index contributed by atoms with van der Waals surface area (Å²) in [7, 11) is -10.6. The van der Waals surface area contributed by atoms with Crippen LogP contribution in [0.15, 0.2) is 54.6 Å². The fourth-order valence-corrected chi connectivity index (χ4v) is 25.5. The summed E-state index contributed by atoms with van der Waals surface area (Å²) < 4.78 is 35.1. The molecule has 1 rings (SSSR count). The normalized spacial score (nSPS) is 18.2. The number of hydrogen-bond donors (Lipinski definition) is 0. The van der Waals surface area contributed by atoms with E-state index in [2.05, 4.69) is 152 Å². The summed E-state index contributed by atoms with van der Waals surface area (Å²) in [5.41, 5.74) is -0.215. The number of carbonyl (C=O) groups excluding carboxylic acids is 2. The number of benzene rings is 1. The topological polar surface area (TPSA) is 80.3 Å². The highest BCUT2D eigenvalue weighted by Crippen LogP contribution is 2.50. The first kappa shape index (κ1) is 51.4. The van der Waals surface area contributed by atoms with Gasteiger partial charge < -0.3 is 22.4 Å². The summed E-state index contributed by atoms with van der Waals surface area (Å²) in [6.07, 6.45) is 4.52. The molecule has 1 aromatic carbocycles. The van der Waals surface area contributed by atoms with Gasteiger partial charge in [-0.2, -0.15) is 0 Å². The Bertz CT molecular complexity index is 1490. The zero-order valence-corrected chi connectivity index (χ0v) is 43.0. The molecule has 316 valence electrons. The second-order valence-electron chi connectivity index (χ2n) is 19.7. The maximum Gasteiger partial charge on any atom is 0.333 e. The van der Waals surface area contributed by atoms with Gasteiger partial charge in [0.05, 0.1) is 10.4 Å². The van der Waals surface area contributed by atoms with E-state index in [9.17, 15) is 9.59 Å². The van der Waals surface area contributed by atoms with Crippen molar-refractivity contribution in [2.24, 2.45) is 0 Å². The van der Waals surface area contributed by atoms with Crippen LogP contribution in [0.4, 0.5) is 0 Å². The molecule has 0 bridgehead atoms. The number of rotatable bonds is 23. The molecule has 5 atom stereocenters. The molecule has 1 aromatic rings. The summed E-state index contributed by atoms with van der Waals surface area (Å²) in [5, 5.41) is -0.192. The molecule has 0 fully saturated rings. The van der Waals surface area contributed by atoms with Gasteiger partial charge in [-0.3, -0.25) is 0 Å². The van der Waals surface area contributed by atoms with E-state index in [0.29, 0.717) is 30.4 Å². The molecule has 0 heterocycles. The van der Waals surface area contributed by atoms with Crippen LogP contribution in [0.2, 0.25) is 56.4 Å². The first-order chi connectivity index (χ1) is 24.7. The van der Waals surface area contributed by atoms with E-state index in [-0.39, 0.29) is 22.5 Å². The fraction of sp³-hybridized carbons (Fsp3) is 0.727. The van der Waals surface area contributed by atoms with Crippen molar-refractivity contribution in [1.82, 2.24) is 0 Å². The number of ether oxygens (including phenoxy) is 2. The molecule has 7 nitrogen and oxygen atoms in total. The molecular weight excluding hydrogens is 753 g/mol. The van der Waals surface area contributed by atoms with Crippen LogP contribution >= 0.6 is 0 Å². The van der Waals surface area contributed by atoms with E-state index in [1.54, 1.807) is 13.8 Å². The molecule has 0 aromatic heterocycles. The quantitative estimate of drug-likeness (QED) is 0.0617. The minimum atomic E-state index is -2.91. The Labute approximate surface area is 342 Å². The third-order valence-corrected chi connectivity index (χ3v) is 32.3. The van der Waals surface area contributed by atoms with E-state index in [0.717, 1.165) is 19.3 Å². The van der Waals surface area contributed by atoms with Crippen molar-refractivity contribution < 1.29 is 32.0 Å². The molecule has 0 spiro atoms. The molecule has 0 radical (unpaired) electrons. The summed E-state index contributed by atoms with van der Waals surface area (Å²) in [5.74, 6) is -0.690. The van der Waals surface area contributed by atoms with E-state index in [1.807, 2.05) is 13.8 Å². The summed E-state index contributed by atoms with van der Waals surface area (Å²) >= 11 is 0. The van der Waals surface area contributed by atoms with Crippen LogP contribution < -0.4 is 5.19 Å². The first-order valence-corrected chi connectivity index (χ1v) is 31.8. The Hall–Kier alpha value is -1.61. The van der Waals surface area contributed by atoms with Crippen LogP contribution in [0.1, 0.15) is 129 Å². The van der Waals surface area contributed by atoms with Gasteiger partial charge in [0.15, 0.2) is 16.6 Å². The van der Waals surface area contributed by atoms with Gasteiger partial charge in [-0.15, -0.1) is 0 Å². The zero-order chi connectivity index (χ0) is 43.3. The van der Waals surface area contributed by atoms with Gasteiger partial charge in [0.1, 0.15) is 11.2 Å². The zero-order valence-electron chi connectivity index (χ0n) is 39.0. The predicted molar refractivity (Wildman–Crippen MR) is 243 cm³/mol. The fourth-order valence-electron chi connectivity index (χ4n) is 7.72. The van der Waals surface area contributed by atoms with E-state index in [4.69, 9.17) is 22.4 Å². The highest BCUT2D eigenvalue weighted by Gasteiger charge is 2.59. The lowest BCUT2D eigenvalue weighted by atomic mass is 9.90. The summed E-state index contributed by atoms with van der Waals surface area (Å²) in [6, 6.07) is 10.7. The third-order valence-electron chi connectivity index (χ3n) is 13.4. The van der Waals surface area contributed by atoms with Crippen LogP contribution in [-0.2, 0) is 32.0 Å². The van der Waals surface area contributed by atoms with Gasteiger partial charge in [-0.1, -0.05) is 91.5 Å². The maximum atomic E-state index is 12.7. The standard InChI is InChI=1S/C44H82O7Si4/c1-23-36(32-42(13,24-2)47-38(45)34(5)6)52(16,17)51-55(22,37-30-28-27-29-31-37)41(11,12)49-54(20,21)44(15,26-4)50-53(18,19)40(9,10)33-43(14,25-3)48-39(46)35(7)8/h27-31,36H,5,7,23-26,32-33H2,1-4,6,8-22H3. The Morgan fingerprint density at radius 3 is 1.53 bits per heavy atom. The Balaban J connectivity index is 3.68. The lowest BCUT2D eigenvalue weighted by Crippen LogP contribution is -2.73. The molecule has 0 saturated heterocycles. The summed E-state index contributed by atoms with van der Waals surface area (Å²) in [6.45, 7) is 51.2. The highest BCUT2D eigenvalue weighted by molar-refractivity contribution is 6.95. The van der Waals surface area contributed by atoms with Gasteiger partial charge in [0.2, 0.25) is 16.6 Å². The number of esters is 2. The van der Waals surface area contributed by atoms with E-state index < -0.39 is 54.9 Å². The molecule has 0 amide bonds. The third kappa shape index (κ3) is 12.4. The van der Waals surface area contributed by atoms with Crippen LogP contribution in [0.25, 0.3) is 0 Å². The van der Waals surface area contributed by atoms with Crippen molar-refractivity contribution >= 4 is 50.4 Å². The SMILES string of the molecule is C=C(C)C(=O)OC(C)(CC)CC(CC)[Si](C)(C)O[Si](C)(c1ccccc1)C(C)(C)O[Si](C)(C)C(C)(CC)O[Si](C)(C)C(C)(C)CC(C)(CC)OC(=O)C(=C)C. The molecule has 0 aliphatic carbocycles. The van der Waals surface area contributed by atoms with Gasteiger partial charge in [0.25, 0.3) is 0 Å². The van der Waals surface area contributed by atoms with Crippen LogP contribution in [0.3, 0.4) is 0 Å². The van der Waals surface area contributed by atoms with E-state index in [1.165, 1.54) is 5.19 Å². The molecular formula is C44H82O7Si4. The predicted octanol–water partition coefficient (Wildman–Crippen LogP) is 12.1. The van der Waals surface area contributed by atoms with Gasteiger partial charge in [-0.05, 0) is 142 Å². The van der Waals surface area contributed by atoms with Crippen molar-refractivity contribution in [3.05, 3.63) is 54.6 Å². The van der Waals surface area contributed by atoms with Crippen molar-refractivity contribution in [1.29, 1.82) is 0 Å². The lowest BCUT2D eigenvalue weighted by Gasteiger charge is -2.56. The van der Waals surface area contributed by atoms with Crippen molar-refractivity contribution in [2.45, 2.75) is 207 Å². The maximum absolute atomic E-state index is 12.7. The Kier molecular flexibility index (Phi) is 17.3. The van der Waals surface area contributed by atoms with E-state index >= 15 is 0 Å². The average molecular weight is 835 g/mol. The van der Waals surface area contributed by atoms with Crippen LogP contribution in [0, 0.1) is 0 Å². The summed E-state index contributed by atoms with van der Waals surface area (Å²) in [4.78, 5) is 25.4. The molecule has 0 N–H and O–H groups in total. The molecule has 11 heteroatoms. The minimum absolute atomic E-state index is 0.230. The van der Waals surface area contributed by atoms with Crippen LogP contribution in [0.5, 0.6) is 0 Å². The Morgan fingerprint density at radius 2 is 1.13 bits per heavy atom. The number of hydrogen-bond acceptors (Lipinski definition) is 7. The number of carbonyl (C=O) groups is 2. The molecule has 0 aliphatic rings. The first-order valence-electron chi connectivity index (χ1n) is 20.6. The lowest BCUT2D eigenvalue weighted by molar-refractivity contribution is -0.155. The van der Waals surface area contributed by atoms with Crippen molar-refractivity contribution in [2.75, 3.05) is 0 Å². The van der Waals surface area contributed by atoms with Gasteiger partial charge in [-0.25, -0.2) is 9.59 Å². The monoisotopic (exact) mass is 835 g/mol. The highest BCUT2D eigenvalue weighted by atomic mass is 28.4. The molecule has 55 heavy (non-hydrogen) atoms. The largest absolute Gasteiger partial charge is 0.456 e. The minimum Gasteiger partial charge on any atom is -0.456 e. The second-order valence-corrected chi connectivity index (χ2v) is 37.3. The smallest absolute Gasteiger partial charge is 0.333 e. The van der Waals surface area contributed by atoms with Crippen molar-refractivity contribution in [3.63, 3.8) is 0 Å². The average Bonchev–Trinajstić information content (AvgIpc) is 3.05. The second kappa shape index (κ2) is 18.5. The molecule has 5 unspecified atom stereocenters. The van der Waals surface area contributed by atoms with Gasteiger partial charge in [0, 0.05) is 11.1 Å².